The first-order chi connectivity index (χ1) is 9.02. The quantitative estimate of drug-likeness (QED) is 0.802. The van der Waals surface area contributed by atoms with Crippen LogP contribution in [0.25, 0.3) is 0 Å². The standard InChI is InChI=1S/C13H16BrNO4/c1-2-9-7-10(14)3-4-11(9)19-8-12(16)15-6-5-13(17)18/h3-4,7H,2,5-6,8H2,1H3,(H,15,16)(H,17,18). The molecule has 0 unspecified atom stereocenters. The van der Waals surface area contributed by atoms with Crippen LogP contribution in [0.15, 0.2) is 22.7 Å². The summed E-state index contributed by atoms with van der Waals surface area (Å²) in [4.78, 5) is 21.7. The van der Waals surface area contributed by atoms with Crippen molar-refractivity contribution in [3.05, 3.63) is 28.2 Å². The van der Waals surface area contributed by atoms with E-state index < -0.39 is 5.97 Å². The fraction of sp³-hybridized carbons (Fsp3) is 0.385. The Morgan fingerprint density at radius 1 is 1.42 bits per heavy atom. The van der Waals surface area contributed by atoms with Crippen molar-refractivity contribution in [3.63, 3.8) is 0 Å². The Morgan fingerprint density at radius 2 is 2.16 bits per heavy atom. The number of halogens is 1. The van der Waals surface area contributed by atoms with Crippen LogP contribution in [-0.2, 0) is 16.0 Å². The molecule has 5 nitrogen and oxygen atoms in total. The minimum Gasteiger partial charge on any atom is -0.483 e. The highest BCUT2D eigenvalue weighted by Crippen LogP contribution is 2.23. The van der Waals surface area contributed by atoms with Gasteiger partial charge in [-0.2, -0.15) is 0 Å². The lowest BCUT2D eigenvalue weighted by atomic mass is 10.1. The predicted molar refractivity (Wildman–Crippen MR) is 74.3 cm³/mol. The Bertz CT molecular complexity index is 462. The van der Waals surface area contributed by atoms with E-state index in [1.165, 1.54) is 0 Å². The van der Waals surface area contributed by atoms with Crippen molar-refractivity contribution in [3.8, 4) is 5.75 Å². The molecule has 104 valence electrons. The van der Waals surface area contributed by atoms with Gasteiger partial charge in [-0.3, -0.25) is 9.59 Å². The van der Waals surface area contributed by atoms with Gasteiger partial charge in [-0.05, 0) is 30.2 Å². The topological polar surface area (TPSA) is 75.6 Å². The van der Waals surface area contributed by atoms with Crippen LogP contribution in [0.3, 0.4) is 0 Å². The summed E-state index contributed by atoms with van der Waals surface area (Å²) >= 11 is 3.37. The summed E-state index contributed by atoms with van der Waals surface area (Å²) in [5.41, 5.74) is 1.01. The molecular formula is C13H16BrNO4. The van der Waals surface area contributed by atoms with Crippen LogP contribution >= 0.6 is 15.9 Å². The first kappa shape index (κ1) is 15.5. The number of carbonyl (C=O) groups excluding carboxylic acids is 1. The van der Waals surface area contributed by atoms with Crippen molar-refractivity contribution in [1.82, 2.24) is 5.32 Å². The number of benzene rings is 1. The third-order valence-corrected chi connectivity index (χ3v) is 2.92. The first-order valence-electron chi connectivity index (χ1n) is 5.92. The van der Waals surface area contributed by atoms with Crippen molar-refractivity contribution in [1.29, 1.82) is 0 Å². The van der Waals surface area contributed by atoms with Gasteiger partial charge in [-0.15, -0.1) is 0 Å². The van der Waals surface area contributed by atoms with Crippen molar-refractivity contribution >= 4 is 27.8 Å². The first-order valence-corrected chi connectivity index (χ1v) is 6.72. The normalized spacial score (nSPS) is 10.0. The Balaban J connectivity index is 2.43. The third kappa shape index (κ3) is 5.74. The molecule has 0 atom stereocenters. The SMILES string of the molecule is CCc1cc(Br)ccc1OCC(=O)NCCC(=O)O. The van der Waals surface area contributed by atoms with Crippen molar-refractivity contribution in [2.45, 2.75) is 19.8 Å². The van der Waals surface area contributed by atoms with Gasteiger partial charge in [0.2, 0.25) is 0 Å². The van der Waals surface area contributed by atoms with Gasteiger partial charge < -0.3 is 15.2 Å². The van der Waals surface area contributed by atoms with Crippen molar-refractivity contribution in [2.75, 3.05) is 13.2 Å². The zero-order valence-electron chi connectivity index (χ0n) is 10.6. The lowest BCUT2D eigenvalue weighted by Crippen LogP contribution is -2.30. The molecule has 1 amide bonds. The van der Waals surface area contributed by atoms with E-state index in [0.29, 0.717) is 5.75 Å². The highest BCUT2D eigenvalue weighted by Gasteiger charge is 2.07. The van der Waals surface area contributed by atoms with Crippen LogP contribution in [0.5, 0.6) is 5.75 Å². The fourth-order valence-corrected chi connectivity index (χ4v) is 1.88. The van der Waals surface area contributed by atoms with Crippen LogP contribution in [0, 0.1) is 0 Å². The smallest absolute Gasteiger partial charge is 0.305 e. The molecule has 0 saturated carbocycles. The van der Waals surface area contributed by atoms with Crippen LogP contribution in [0.1, 0.15) is 18.9 Å². The molecule has 0 aromatic heterocycles. The maximum Gasteiger partial charge on any atom is 0.305 e. The number of rotatable bonds is 7. The largest absolute Gasteiger partial charge is 0.483 e. The molecule has 0 radical (unpaired) electrons. The molecule has 0 aliphatic rings. The molecule has 19 heavy (non-hydrogen) atoms. The van der Waals surface area contributed by atoms with E-state index in [1.54, 1.807) is 6.07 Å². The molecule has 0 heterocycles. The second kappa shape index (κ2) is 7.78. The monoisotopic (exact) mass is 329 g/mol. The van der Waals surface area contributed by atoms with E-state index in [9.17, 15) is 9.59 Å². The Morgan fingerprint density at radius 3 is 2.79 bits per heavy atom. The highest BCUT2D eigenvalue weighted by atomic mass is 79.9. The number of amides is 1. The van der Waals surface area contributed by atoms with Crippen molar-refractivity contribution in [2.24, 2.45) is 0 Å². The van der Waals surface area contributed by atoms with Gasteiger partial charge >= 0.3 is 5.97 Å². The summed E-state index contributed by atoms with van der Waals surface area (Å²) < 4.78 is 6.38. The molecule has 1 rings (SSSR count). The average molecular weight is 330 g/mol. The Labute approximate surface area is 120 Å². The van der Waals surface area contributed by atoms with Crippen LogP contribution in [0.4, 0.5) is 0 Å². The highest BCUT2D eigenvalue weighted by molar-refractivity contribution is 9.10. The number of aliphatic carboxylic acids is 1. The molecule has 2 N–H and O–H groups in total. The Kier molecular flexibility index (Phi) is 6.35. The number of hydrogen-bond donors (Lipinski definition) is 2. The molecule has 6 heteroatoms. The van der Waals surface area contributed by atoms with Crippen molar-refractivity contribution < 1.29 is 19.4 Å². The fourth-order valence-electron chi connectivity index (χ4n) is 1.47. The summed E-state index contributed by atoms with van der Waals surface area (Å²) in [5.74, 6) is -0.604. The molecular weight excluding hydrogens is 314 g/mol. The predicted octanol–water partition coefficient (Wildman–Crippen LogP) is 1.98. The molecule has 1 aromatic carbocycles. The average Bonchev–Trinajstić information content (AvgIpc) is 2.36. The van der Waals surface area contributed by atoms with E-state index in [-0.39, 0.29) is 25.5 Å². The third-order valence-electron chi connectivity index (χ3n) is 2.42. The number of carboxylic acids is 1. The number of ether oxygens (including phenoxy) is 1. The van der Waals surface area contributed by atoms with E-state index in [0.717, 1.165) is 16.5 Å². The molecule has 0 spiro atoms. The van der Waals surface area contributed by atoms with Crippen LogP contribution in [-0.4, -0.2) is 30.1 Å². The summed E-state index contributed by atoms with van der Waals surface area (Å²) in [6.07, 6.45) is 0.708. The minimum atomic E-state index is -0.942. The van der Waals surface area contributed by atoms with Crippen LogP contribution in [0.2, 0.25) is 0 Å². The van der Waals surface area contributed by atoms with Crippen LogP contribution < -0.4 is 10.1 Å². The molecule has 1 aromatic rings. The lowest BCUT2D eigenvalue weighted by molar-refractivity contribution is -0.137. The lowest BCUT2D eigenvalue weighted by Gasteiger charge is -2.10. The number of aryl methyl sites for hydroxylation is 1. The number of carboxylic acid groups (broad SMARTS) is 1. The van der Waals surface area contributed by atoms with Gasteiger partial charge in [0, 0.05) is 11.0 Å². The van der Waals surface area contributed by atoms with Gasteiger partial charge in [0.05, 0.1) is 6.42 Å². The van der Waals surface area contributed by atoms with E-state index in [1.807, 2.05) is 19.1 Å². The molecule has 0 fully saturated rings. The Hall–Kier alpha value is -1.56. The maximum absolute atomic E-state index is 11.4. The zero-order chi connectivity index (χ0) is 14.3. The number of carbonyl (C=O) groups is 2. The summed E-state index contributed by atoms with van der Waals surface area (Å²) in [6.45, 7) is 1.99. The summed E-state index contributed by atoms with van der Waals surface area (Å²) in [7, 11) is 0. The number of nitrogens with one attached hydrogen (secondary N) is 1. The van der Waals surface area contributed by atoms with Gasteiger partial charge in [0.15, 0.2) is 6.61 Å². The van der Waals surface area contributed by atoms with Gasteiger partial charge in [0.1, 0.15) is 5.75 Å². The van der Waals surface area contributed by atoms with E-state index in [4.69, 9.17) is 9.84 Å². The van der Waals surface area contributed by atoms with E-state index >= 15 is 0 Å². The van der Waals surface area contributed by atoms with Gasteiger partial charge in [-0.1, -0.05) is 22.9 Å². The van der Waals surface area contributed by atoms with Gasteiger partial charge in [0.25, 0.3) is 5.91 Å². The second-order valence-electron chi connectivity index (χ2n) is 3.89. The second-order valence-corrected chi connectivity index (χ2v) is 4.80. The molecule has 0 aliphatic heterocycles. The summed E-state index contributed by atoms with van der Waals surface area (Å²) in [5, 5.41) is 10.9. The maximum atomic E-state index is 11.4. The molecule has 0 saturated heterocycles. The minimum absolute atomic E-state index is 0.0930. The summed E-state index contributed by atoms with van der Waals surface area (Å²) in [6, 6.07) is 5.59. The van der Waals surface area contributed by atoms with Gasteiger partial charge in [-0.25, -0.2) is 0 Å². The molecule has 0 aliphatic carbocycles. The van der Waals surface area contributed by atoms with E-state index in [2.05, 4.69) is 21.2 Å². The number of hydrogen-bond acceptors (Lipinski definition) is 3. The molecule has 0 bridgehead atoms. The zero-order valence-corrected chi connectivity index (χ0v) is 12.2.